The van der Waals surface area contributed by atoms with Gasteiger partial charge in [0.1, 0.15) is 12.2 Å². The highest BCUT2D eigenvalue weighted by Crippen LogP contribution is 2.29. The summed E-state index contributed by atoms with van der Waals surface area (Å²) in [6, 6.07) is 3.42. The van der Waals surface area contributed by atoms with Gasteiger partial charge in [-0.15, -0.1) is 0 Å². The van der Waals surface area contributed by atoms with Crippen LogP contribution in [0, 0.1) is 15.9 Å². The van der Waals surface area contributed by atoms with E-state index >= 15 is 0 Å². The third kappa shape index (κ3) is 5.64. The molecule has 0 aliphatic rings. The lowest BCUT2D eigenvalue weighted by Crippen LogP contribution is -2.34. The number of nitro benzene ring substituents is 1. The zero-order valence-electron chi connectivity index (χ0n) is 12.0. The zero-order chi connectivity index (χ0) is 16.0. The summed E-state index contributed by atoms with van der Waals surface area (Å²) in [4.78, 5) is 21.3. The Morgan fingerprint density at radius 3 is 2.67 bits per heavy atom. The summed E-state index contributed by atoms with van der Waals surface area (Å²) in [5.41, 5.74) is -1.10. The number of alkyl carbamates (subject to hydrolysis) is 1. The van der Waals surface area contributed by atoms with E-state index in [1.54, 1.807) is 20.8 Å². The van der Waals surface area contributed by atoms with Crippen LogP contribution in [0.1, 0.15) is 20.8 Å². The molecule has 116 valence electrons. The van der Waals surface area contributed by atoms with E-state index in [4.69, 9.17) is 9.47 Å². The molecule has 0 heterocycles. The minimum atomic E-state index is -0.832. The predicted octanol–water partition coefficient (Wildman–Crippen LogP) is 2.64. The van der Waals surface area contributed by atoms with Gasteiger partial charge in [-0.2, -0.15) is 0 Å². The van der Waals surface area contributed by atoms with Crippen molar-refractivity contribution in [2.75, 3.05) is 13.2 Å². The lowest BCUT2D eigenvalue weighted by Gasteiger charge is -2.19. The van der Waals surface area contributed by atoms with Gasteiger partial charge in [-0.1, -0.05) is 6.07 Å². The molecule has 0 radical (unpaired) electrons. The van der Waals surface area contributed by atoms with Gasteiger partial charge in [0.25, 0.3) is 0 Å². The number of nitrogens with zero attached hydrogens (tertiary/aromatic N) is 1. The molecule has 1 amide bonds. The maximum Gasteiger partial charge on any atom is 0.407 e. The molecule has 1 aromatic rings. The first-order valence-corrected chi connectivity index (χ1v) is 6.23. The van der Waals surface area contributed by atoms with Crippen LogP contribution in [0.3, 0.4) is 0 Å². The summed E-state index contributed by atoms with van der Waals surface area (Å²) in [7, 11) is 0. The number of para-hydroxylation sites is 1. The quantitative estimate of drug-likeness (QED) is 0.513. The van der Waals surface area contributed by atoms with E-state index in [1.165, 1.54) is 6.07 Å². The number of nitro groups is 1. The second-order valence-electron chi connectivity index (χ2n) is 5.12. The molecule has 0 fully saturated rings. The highest BCUT2D eigenvalue weighted by Gasteiger charge is 2.19. The Morgan fingerprint density at radius 2 is 2.10 bits per heavy atom. The molecule has 8 heteroatoms. The normalized spacial score (nSPS) is 10.9. The molecule has 0 aliphatic carbocycles. The Balaban J connectivity index is 2.50. The van der Waals surface area contributed by atoms with Crippen molar-refractivity contribution in [1.29, 1.82) is 0 Å². The number of hydrogen-bond acceptors (Lipinski definition) is 5. The Morgan fingerprint density at radius 1 is 1.43 bits per heavy atom. The van der Waals surface area contributed by atoms with Crippen LogP contribution in [0.25, 0.3) is 0 Å². The first kappa shape index (κ1) is 16.7. The highest BCUT2D eigenvalue weighted by atomic mass is 19.1. The standard InChI is InChI=1S/C13H17FN2O5/c1-13(2,3)21-12(17)15-7-8-20-11-9(14)5-4-6-10(11)16(18)19/h4-6H,7-8H2,1-3H3,(H,15,17). The van der Waals surface area contributed by atoms with Crippen molar-refractivity contribution in [3.05, 3.63) is 34.1 Å². The minimum absolute atomic E-state index is 0.0282. The number of amides is 1. The van der Waals surface area contributed by atoms with Crippen molar-refractivity contribution in [2.24, 2.45) is 0 Å². The smallest absolute Gasteiger partial charge is 0.407 e. The van der Waals surface area contributed by atoms with Crippen LogP contribution in [0.2, 0.25) is 0 Å². The van der Waals surface area contributed by atoms with Gasteiger partial charge in [0.15, 0.2) is 5.82 Å². The zero-order valence-corrected chi connectivity index (χ0v) is 12.0. The lowest BCUT2D eigenvalue weighted by atomic mass is 10.2. The first-order chi connectivity index (χ1) is 9.70. The van der Waals surface area contributed by atoms with Crippen molar-refractivity contribution in [1.82, 2.24) is 5.32 Å². The Hall–Kier alpha value is -2.38. The lowest BCUT2D eigenvalue weighted by molar-refractivity contribution is -0.386. The van der Waals surface area contributed by atoms with Crippen LogP contribution in [0.5, 0.6) is 5.75 Å². The number of rotatable bonds is 5. The molecular weight excluding hydrogens is 283 g/mol. The van der Waals surface area contributed by atoms with E-state index in [0.29, 0.717) is 0 Å². The van der Waals surface area contributed by atoms with Gasteiger partial charge in [0.05, 0.1) is 11.5 Å². The summed E-state index contributed by atoms with van der Waals surface area (Å²) in [5, 5.41) is 13.1. The molecule has 0 unspecified atom stereocenters. The molecule has 7 nitrogen and oxygen atoms in total. The molecule has 0 aromatic heterocycles. The van der Waals surface area contributed by atoms with Gasteiger partial charge in [-0.05, 0) is 26.8 Å². The van der Waals surface area contributed by atoms with Crippen molar-refractivity contribution in [3.63, 3.8) is 0 Å². The molecule has 1 rings (SSSR count). The predicted molar refractivity (Wildman–Crippen MR) is 72.8 cm³/mol. The van der Waals surface area contributed by atoms with Gasteiger partial charge in [0.2, 0.25) is 5.75 Å². The van der Waals surface area contributed by atoms with E-state index in [0.717, 1.165) is 12.1 Å². The Kier molecular flexibility index (Phi) is 5.45. The van der Waals surface area contributed by atoms with Crippen LogP contribution in [-0.4, -0.2) is 29.8 Å². The van der Waals surface area contributed by atoms with Crippen molar-refractivity contribution < 1.29 is 23.6 Å². The third-order valence-corrected chi connectivity index (χ3v) is 2.16. The van der Waals surface area contributed by atoms with E-state index in [9.17, 15) is 19.3 Å². The fourth-order valence-corrected chi connectivity index (χ4v) is 1.40. The summed E-state index contributed by atoms with van der Waals surface area (Å²) in [6.45, 7) is 5.05. The number of halogens is 1. The van der Waals surface area contributed by atoms with Crippen LogP contribution < -0.4 is 10.1 Å². The van der Waals surface area contributed by atoms with Gasteiger partial charge < -0.3 is 14.8 Å². The first-order valence-electron chi connectivity index (χ1n) is 6.23. The van der Waals surface area contributed by atoms with Gasteiger partial charge in [-0.3, -0.25) is 10.1 Å². The third-order valence-electron chi connectivity index (χ3n) is 2.16. The molecule has 0 atom stereocenters. The summed E-state index contributed by atoms with van der Waals surface area (Å²) in [6.07, 6.45) is -0.644. The van der Waals surface area contributed by atoms with E-state index in [1.807, 2.05) is 0 Å². The second kappa shape index (κ2) is 6.87. The Labute approximate surface area is 121 Å². The molecule has 0 saturated carbocycles. The molecule has 1 N–H and O–H groups in total. The fourth-order valence-electron chi connectivity index (χ4n) is 1.40. The topological polar surface area (TPSA) is 90.7 Å². The van der Waals surface area contributed by atoms with E-state index in [-0.39, 0.29) is 13.2 Å². The fraction of sp³-hybridized carbons (Fsp3) is 0.462. The number of benzene rings is 1. The van der Waals surface area contributed by atoms with Gasteiger partial charge >= 0.3 is 11.8 Å². The maximum absolute atomic E-state index is 13.5. The van der Waals surface area contributed by atoms with Crippen LogP contribution in [0.4, 0.5) is 14.9 Å². The van der Waals surface area contributed by atoms with Crippen molar-refractivity contribution in [3.8, 4) is 5.75 Å². The maximum atomic E-state index is 13.5. The van der Waals surface area contributed by atoms with Gasteiger partial charge in [-0.25, -0.2) is 9.18 Å². The molecule has 21 heavy (non-hydrogen) atoms. The average Bonchev–Trinajstić information content (AvgIpc) is 2.33. The molecular formula is C13H17FN2O5. The SMILES string of the molecule is CC(C)(C)OC(=O)NCCOc1c(F)cccc1[N+](=O)[O-]. The molecule has 1 aromatic carbocycles. The second-order valence-corrected chi connectivity index (χ2v) is 5.12. The Bertz CT molecular complexity index is 528. The molecule has 0 saturated heterocycles. The van der Waals surface area contributed by atoms with Crippen LogP contribution in [0.15, 0.2) is 18.2 Å². The molecule has 0 spiro atoms. The highest BCUT2D eigenvalue weighted by molar-refractivity contribution is 5.67. The van der Waals surface area contributed by atoms with Gasteiger partial charge in [0, 0.05) is 6.07 Å². The van der Waals surface area contributed by atoms with Crippen molar-refractivity contribution in [2.45, 2.75) is 26.4 Å². The summed E-state index contributed by atoms with van der Waals surface area (Å²) in [5.74, 6) is -1.28. The number of carbonyl (C=O) groups excluding carboxylic acids is 1. The summed E-state index contributed by atoms with van der Waals surface area (Å²) >= 11 is 0. The number of carbonyl (C=O) groups is 1. The van der Waals surface area contributed by atoms with E-state index < -0.39 is 33.9 Å². The average molecular weight is 300 g/mol. The molecule has 0 aliphatic heterocycles. The van der Waals surface area contributed by atoms with Crippen molar-refractivity contribution >= 4 is 11.8 Å². The minimum Gasteiger partial charge on any atom is -0.483 e. The monoisotopic (exact) mass is 300 g/mol. The van der Waals surface area contributed by atoms with Crippen LogP contribution >= 0.6 is 0 Å². The largest absolute Gasteiger partial charge is 0.483 e. The number of ether oxygens (including phenoxy) is 2. The van der Waals surface area contributed by atoms with Crippen LogP contribution in [-0.2, 0) is 4.74 Å². The number of hydrogen-bond donors (Lipinski definition) is 1. The molecule has 0 bridgehead atoms. The summed E-state index contributed by atoms with van der Waals surface area (Å²) < 4.78 is 23.5. The van der Waals surface area contributed by atoms with E-state index in [2.05, 4.69) is 5.32 Å². The number of nitrogens with one attached hydrogen (secondary N) is 1.